The Bertz CT molecular complexity index is 1290. The predicted molar refractivity (Wildman–Crippen MR) is 127 cm³/mol. The summed E-state index contributed by atoms with van der Waals surface area (Å²) in [5, 5.41) is 4.05. The number of benzene rings is 3. The SMILES string of the molecule is C[C@@H]1[C@H](c2ccccc2)OC(=O)N1C(=O)CC1c2ccccc2CC(N=[N+]=[N-])c2ccccc21. The highest BCUT2D eigenvalue weighted by atomic mass is 16.6. The number of amides is 2. The van der Waals surface area contributed by atoms with Crippen LogP contribution in [0, 0.1) is 0 Å². The molecule has 7 heteroatoms. The van der Waals surface area contributed by atoms with Crippen molar-refractivity contribution >= 4 is 12.0 Å². The molecule has 0 aromatic heterocycles. The Morgan fingerprint density at radius 1 is 1.00 bits per heavy atom. The Morgan fingerprint density at radius 2 is 1.65 bits per heavy atom. The Balaban J connectivity index is 1.50. The van der Waals surface area contributed by atoms with E-state index in [1.54, 1.807) is 0 Å². The molecule has 1 aliphatic heterocycles. The fraction of sp³-hybridized carbons (Fsp3) is 0.259. The first kappa shape index (κ1) is 21.7. The lowest BCUT2D eigenvalue weighted by Gasteiger charge is -2.24. The number of fused-ring (bicyclic) bond motifs is 2. The molecule has 1 fully saturated rings. The molecule has 5 rings (SSSR count). The molecule has 1 saturated heterocycles. The second-order valence-electron chi connectivity index (χ2n) is 8.73. The molecular weight excluding hydrogens is 428 g/mol. The summed E-state index contributed by atoms with van der Waals surface area (Å²) in [6, 6.07) is 24.4. The molecule has 2 amide bonds. The van der Waals surface area contributed by atoms with Gasteiger partial charge in [-0.25, -0.2) is 9.69 Å². The smallest absolute Gasteiger partial charge is 0.417 e. The van der Waals surface area contributed by atoms with Crippen LogP contribution in [-0.2, 0) is 16.0 Å². The summed E-state index contributed by atoms with van der Waals surface area (Å²) in [6.07, 6.45) is -0.452. The Kier molecular flexibility index (Phi) is 5.78. The van der Waals surface area contributed by atoms with Gasteiger partial charge in [0.1, 0.15) is 6.10 Å². The first-order chi connectivity index (χ1) is 16.6. The number of carbonyl (C=O) groups excluding carboxylic acids is 2. The van der Waals surface area contributed by atoms with Crippen LogP contribution in [0.5, 0.6) is 0 Å². The van der Waals surface area contributed by atoms with Gasteiger partial charge < -0.3 is 4.74 Å². The first-order valence-corrected chi connectivity index (χ1v) is 11.4. The topological polar surface area (TPSA) is 95.4 Å². The standard InChI is InChI=1S/C27H24N4O3/c1-17-26(18-9-3-2-4-10-18)34-27(33)31(17)25(32)16-23-20-12-6-5-11-19(20)15-24(29-30-28)22-14-8-7-13-21(22)23/h2-14,17,23-24,26H,15-16H2,1H3/t17-,23?,24?,26-/m1/s1. The van der Waals surface area contributed by atoms with Gasteiger partial charge in [-0.2, -0.15) is 0 Å². The zero-order valence-electron chi connectivity index (χ0n) is 18.7. The van der Waals surface area contributed by atoms with Crippen molar-refractivity contribution in [2.24, 2.45) is 5.11 Å². The molecule has 3 aromatic carbocycles. The quantitative estimate of drug-likeness (QED) is 0.267. The summed E-state index contributed by atoms with van der Waals surface area (Å²) >= 11 is 0. The molecule has 7 nitrogen and oxygen atoms in total. The summed E-state index contributed by atoms with van der Waals surface area (Å²) < 4.78 is 5.61. The number of imide groups is 1. The Morgan fingerprint density at radius 3 is 2.38 bits per heavy atom. The summed E-state index contributed by atoms with van der Waals surface area (Å²) in [7, 11) is 0. The third-order valence-corrected chi connectivity index (χ3v) is 6.81. The van der Waals surface area contributed by atoms with Gasteiger partial charge in [0.15, 0.2) is 0 Å². The number of ether oxygens (including phenoxy) is 1. The van der Waals surface area contributed by atoms with Crippen LogP contribution in [0.4, 0.5) is 4.79 Å². The molecule has 0 spiro atoms. The van der Waals surface area contributed by atoms with E-state index in [0.29, 0.717) is 6.42 Å². The molecule has 0 saturated carbocycles. The fourth-order valence-electron chi connectivity index (χ4n) is 5.22. The number of rotatable bonds is 4. The van der Waals surface area contributed by atoms with Gasteiger partial charge in [-0.1, -0.05) is 84.0 Å². The van der Waals surface area contributed by atoms with Crippen LogP contribution in [-0.4, -0.2) is 22.9 Å². The average molecular weight is 453 g/mol. The third kappa shape index (κ3) is 3.80. The molecule has 170 valence electrons. The van der Waals surface area contributed by atoms with Gasteiger partial charge >= 0.3 is 6.09 Å². The number of carbonyl (C=O) groups is 2. The van der Waals surface area contributed by atoms with Gasteiger partial charge in [0.05, 0.1) is 12.1 Å². The lowest BCUT2D eigenvalue weighted by atomic mass is 9.85. The second kappa shape index (κ2) is 9.04. The van der Waals surface area contributed by atoms with Crippen LogP contribution in [0.2, 0.25) is 0 Å². The minimum atomic E-state index is -0.617. The number of cyclic esters (lactones) is 1. The van der Waals surface area contributed by atoms with E-state index in [-0.39, 0.29) is 24.3 Å². The molecule has 0 N–H and O–H groups in total. The van der Waals surface area contributed by atoms with Gasteiger partial charge in [-0.15, -0.1) is 0 Å². The molecule has 4 atom stereocenters. The van der Waals surface area contributed by atoms with Crippen LogP contribution in [0.3, 0.4) is 0 Å². The van der Waals surface area contributed by atoms with E-state index in [9.17, 15) is 9.59 Å². The minimum Gasteiger partial charge on any atom is -0.439 e. The lowest BCUT2D eigenvalue weighted by molar-refractivity contribution is -0.129. The number of hydrogen-bond acceptors (Lipinski definition) is 4. The zero-order chi connectivity index (χ0) is 23.7. The molecular formula is C27H24N4O3. The van der Waals surface area contributed by atoms with Crippen LogP contribution in [0.1, 0.15) is 59.2 Å². The van der Waals surface area contributed by atoms with Crippen LogP contribution in [0.25, 0.3) is 10.4 Å². The van der Waals surface area contributed by atoms with Gasteiger partial charge in [0.2, 0.25) is 5.91 Å². The summed E-state index contributed by atoms with van der Waals surface area (Å²) in [5.41, 5.74) is 13.9. The van der Waals surface area contributed by atoms with Crippen LogP contribution < -0.4 is 0 Å². The number of azide groups is 1. The summed E-state index contributed by atoms with van der Waals surface area (Å²) in [6.45, 7) is 1.84. The number of hydrogen-bond donors (Lipinski definition) is 0. The summed E-state index contributed by atoms with van der Waals surface area (Å²) in [5.74, 6) is -0.553. The molecule has 0 bridgehead atoms. The second-order valence-corrected chi connectivity index (χ2v) is 8.73. The third-order valence-electron chi connectivity index (χ3n) is 6.81. The van der Waals surface area contributed by atoms with E-state index in [4.69, 9.17) is 10.3 Å². The highest BCUT2D eigenvalue weighted by Gasteiger charge is 2.44. The van der Waals surface area contributed by atoms with E-state index in [0.717, 1.165) is 27.8 Å². The fourth-order valence-corrected chi connectivity index (χ4v) is 5.22. The molecule has 1 heterocycles. The molecule has 1 aliphatic carbocycles. The first-order valence-electron chi connectivity index (χ1n) is 11.4. The van der Waals surface area contributed by atoms with Crippen molar-refractivity contribution in [1.82, 2.24) is 4.90 Å². The zero-order valence-corrected chi connectivity index (χ0v) is 18.7. The summed E-state index contributed by atoms with van der Waals surface area (Å²) in [4.78, 5) is 30.7. The van der Waals surface area contributed by atoms with Crippen LogP contribution in [0.15, 0.2) is 84.0 Å². The van der Waals surface area contributed by atoms with E-state index in [1.165, 1.54) is 4.90 Å². The lowest BCUT2D eigenvalue weighted by Crippen LogP contribution is -2.38. The normalized spacial score (nSPS) is 23.2. The predicted octanol–water partition coefficient (Wildman–Crippen LogP) is 6.22. The molecule has 34 heavy (non-hydrogen) atoms. The number of nitrogens with zero attached hydrogens (tertiary/aromatic N) is 4. The highest BCUT2D eigenvalue weighted by Crippen LogP contribution is 2.42. The van der Waals surface area contributed by atoms with Gasteiger partial charge in [0.25, 0.3) is 0 Å². The van der Waals surface area contributed by atoms with Crippen molar-refractivity contribution < 1.29 is 14.3 Å². The van der Waals surface area contributed by atoms with Crippen molar-refractivity contribution in [3.8, 4) is 0 Å². The van der Waals surface area contributed by atoms with Gasteiger partial charge in [-0.3, -0.25) is 4.79 Å². The van der Waals surface area contributed by atoms with Crippen LogP contribution >= 0.6 is 0 Å². The minimum absolute atomic E-state index is 0.109. The molecule has 3 aromatic rings. The average Bonchev–Trinajstić information content (AvgIpc) is 3.09. The van der Waals surface area contributed by atoms with Crippen molar-refractivity contribution in [2.45, 2.75) is 43.9 Å². The highest BCUT2D eigenvalue weighted by molar-refractivity contribution is 5.94. The van der Waals surface area contributed by atoms with Crippen molar-refractivity contribution in [1.29, 1.82) is 0 Å². The van der Waals surface area contributed by atoms with E-state index in [2.05, 4.69) is 10.0 Å². The monoisotopic (exact) mass is 452 g/mol. The maximum Gasteiger partial charge on any atom is 0.417 e. The van der Waals surface area contributed by atoms with Gasteiger partial charge in [0, 0.05) is 17.3 Å². The largest absolute Gasteiger partial charge is 0.439 e. The van der Waals surface area contributed by atoms with Crippen molar-refractivity contribution in [2.75, 3.05) is 0 Å². The Labute approximate surface area is 197 Å². The maximum absolute atomic E-state index is 13.6. The molecule has 0 radical (unpaired) electrons. The maximum atomic E-state index is 13.6. The van der Waals surface area contributed by atoms with E-state index >= 15 is 0 Å². The molecule has 2 aliphatic rings. The van der Waals surface area contributed by atoms with E-state index < -0.39 is 18.2 Å². The van der Waals surface area contributed by atoms with Crippen molar-refractivity contribution in [3.05, 3.63) is 117 Å². The van der Waals surface area contributed by atoms with Crippen molar-refractivity contribution in [3.63, 3.8) is 0 Å². The molecule has 2 unspecified atom stereocenters. The van der Waals surface area contributed by atoms with Gasteiger partial charge in [-0.05, 0) is 46.7 Å². The Hall–Kier alpha value is -4.09. The van der Waals surface area contributed by atoms with E-state index in [1.807, 2.05) is 85.8 Å².